The SMILES string of the molecule is C1C2CC3CC1CC(PC14CC5CC(CC(C5)C1)C4)(C2)C3.[B]. The largest absolute Gasteiger partial charge is 0.109 e. The van der Waals surface area contributed by atoms with E-state index in [0.717, 1.165) is 45.8 Å². The molecule has 0 atom stereocenters. The summed E-state index contributed by atoms with van der Waals surface area (Å²) < 4.78 is 0. The molecule has 0 aromatic heterocycles. The van der Waals surface area contributed by atoms with E-state index in [-0.39, 0.29) is 8.41 Å². The van der Waals surface area contributed by atoms with Gasteiger partial charge in [0.15, 0.2) is 0 Å². The van der Waals surface area contributed by atoms with Gasteiger partial charge >= 0.3 is 0 Å². The van der Waals surface area contributed by atoms with E-state index in [1.807, 2.05) is 0 Å². The Morgan fingerprint density at radius 1 is 0.455 bits per heavy atom. The lowest BCUT2D eigenvalue weighted by Crippen LogP contribution is -2.53. The van der Waals surface area contributed by atoms with Crippen LogP contribution in [0.3, 0.4) is 0 Å². The molecular weight excluding hydrogens is 282 g/mol. The zero-order valence-electron chi connectivity index (χ0n) is 14.0. The van der Waals surface area contributed by atoms with Gasteiger partial charge in [0.05, 0.1) is 0 Å². The predicted octanol–water partition coefficient (Wildman–Crippen LogP) is 5.22. The fourth-order valence-corrected chi connectivity index (χ4v) is 12.6. The number of rotatable bonds is 2. The lowest BCUT2D eigenvalue weighted by Gasteiger charge is -2.63. The Morgan fingerprint density at radius 2 is 0.682 bits per heavy atom. The van der Waals surface area contributed by atoms with Gasteiger partial charge in [0.25, 0.3) is 0 Å². The van der Waals surface area contributed by atoms with Crippen LogP contribution < -0.4 is 0 Å². The van der Waals surface area contributed by atoms with Crippen LogP contribution in [0, 0.1) is 35.5 Å². The molecule has 0 nitrogen and oxygen atoms in total. The van der Waals surface area contributed by atoms with Crippen molar-refractivity contribution in [3.05, 3.63) is 0 Å². The molecule has 0 N–H and O–H groups in total. The summed E-state index contributed by atoms with van der Waals surface area (Å²) in [5.74, 6) is 6.99. The number of hydrogen-bond acceptors (Lipinski definition) is 0. The van der Waals surface area contributed by atoms with Crippen LogP contribution in [0.1, 0.15) is 77.0 Å². The smallest absolute Gasteiger partial charge is 0 e. The molecule has 0 aliphatic heterocycles. The average Bonchev–Trinajstić information content (AvgIpc) is 2.33. The third-order valence-corrected chi connectivity index (χ3v) is 10.9. The Labute approximate surface area is 140 Å². The molecule has 0 amide bonds. The Balaban J connectivity index is 0.00000113. The summed E-state index contributed by atoms with van der Waals surface area (Å²) in [6, 6.07) is 0. The second-order valence-corrected chi connectivity index (χ2v) is 12.9. The summed E-state index contributed by atoms with van der Waals surface area (Å²) in [6.07, 6.45) is 19.8. The third-order valence-electron chi connectivity index (χ3n) is 8.61. The van der Waals surface area contributed by atoms with Crippen LogP contribution in [-0.4, -0.2) is 18.7 Å². The molecule has 0 heterocycles. The quantitative estimate of drug-likeness (QED) is 0.484. The topological polar surface area (TPSA) is 0 Å². The molecule has 8 fully saturated rings. The standard InChI is InChI=1S/C20H31P.B/c1-13-2-15-3-14(1)8-19(7-13,9-15)21-20-10-16-4-17(11-20)6-18(5-16)12-20;/h13-18,21H,1-12H2;. The molecular formula is C20H31BP. The molecule has 22 heavy (non-hydrogen) atoms. The van der Waals surface area contributed by atoms with E-state index in [4.69, 9.17) is 0 Å². The summed E-state index contributed by atoms with van der Waals surface area (Å²) >= 11 is 0. The van der Waals surface area contributed by atoms with Gasteiger partial charge in [-0.1, -0.05) is 0 Å². The normalized spacial score (nSPS) is 61.1. The predicted molar refractivity (Wildman–Crippen MR) is 95.9 cm³/mol. The fourth-order valence-electron chi connectivity index (χ4n) is 9.09. The van der Waals surface area contributed by atoms with E-state index >= 15 is 0 Å². The van der Waals surface area contributed by atoms with E-state index in [0.29, 0.717) is 0 Å². The van der Waals surface area contributed by atoms with Gasteiger partial charge in [-0.25, -0.2) is 0 Å². The van der Waals surface area contributed by atoms with E-state index in [2.05, 4.69) is 0 Å². The Morgan fingerprint density at radius 3 is 0.909 bits per heavy atom. The van der Waals surface area contributed by atoms with E-state index in [1.165, 1.54) is 8.58 Å². The zero-order valence-corrected chi connectivity index (χ0v) is 15.0. The average molecular weight is 313 g/mol. The van der Waals surface area contributed by atoms with Crippen molar-refractivity contribution >= 4 is 17.0 Å². The second-order valence-electron chi connectivity index (χ2n) is 10.5. The van der Waals surface area contributed by atoms with Crippen LogP contribution in [0.5, 0.6) is 0 Å². The maximum Gasteiger partial charge on any atom is 0 e. The van der Waals surface area contributed by atoms with Gasteiger partial charge in [-0.2, -0.15) is 0 Å². The van der Waals surface area contributed by atoms with Crippen molar-refractivity contribution < 1.29 is 0 Å². The first-order valence-electron chi connectivity index (χ1n) is 9.97. The Bertz CT molecular complexity index is 358. The van der Waals surface area contributed by atoms with Crippen LogP contribution in [-0.2, 0) is 0 Å². The molecule has 3 radical (unpaired) electrons. The second kappa shape index (κ2) is 4.77. The van der Waals surface area contributed by atoms with Crippen LogP contribution in [0.25, 0.3) is 0 Å². The molecule has 119 valence electrons. The van der Waals surface area contributed by atoms with E-state index in [9.17, 15) is 0 Å². The molecule has 8 rings (SSSR count). The van der Waals surface area contributed by atoms with Crippen molar-refractivity contribution in [3.8, 4) is 0 Å². The van der Waals surface area contributed by atoms with E-state index in [1.54, 1.807) is 77.0 Å². The first-order valence-corrected chi connectivity index (χ1v) is 11.0. The molecule has 8 bridgehead atoms. The highest BCUT2D eigenvalue weighted by atomic mass is 31.1. The van der Waals surface area contributed by atoms with Gasteiger partial charge in [-0.3, -0.25) is 0 Å². The highest BCUT2D eigenvalue weighted by Crippen LogP contribution is 2.71. The van der Waals surface area contributed by atoms with Crippen LogP contribution in [0.4, 0.5) is 0 Å². The summed E-state index contributed by atoms with van der Waals surface area (Å²) in [5, 5.41) is 1.75. The van der Waals surface area contributed by atoms with Crippen molar-refractivity contribution in [1.82, 2.24) is 0 Å². The summed E-state index contributed by atoms with van der Waals surface area (Å²) in [5.41, 5.74) is 0. The minimum absolute atomic E-state index is 0. The third kappa shape index (κ3) is 2.13. The highest BCUT2D eigenvalue weighted by molar-refractivity contribution is 7.42. The molecule has 0 aromatic carbocycles. The minimum Gasteiger partial charge on any atom is -0.109 e. The van der Waals surface area contributed by atoms with Gasteiger partial charge in [-0.05, 0) is 123 Å². The van der Waals surface area contributed by atoms with Crippen molar-refractivity contribution in [2.45, 2.75) is 87.4 Å². The molecule has 8 aliphatic rings. The lowest BCUT2D eigenvalue weighted by atomic mass is 9.55. The van der Waals surface area contributed by atoms with Gasteiger partial charge in [0.1, 0.15) is 0 Å². The maximum absolute atomic E-state index is 1.67. The fraction of sp³-hybridized carbons (Fsp3) is 1.00. The lowest BCUT2D eigenvalue weighted by molar-refractivity contribution is 0.0210. The van der Waals surface area contributed by atoms with Crippen molar-refractivity contribution in [2.24, 2.45) is 35.5 Å². The number of hydrogen-bond donors (Lipinski definition) is 0. The van der Waals surface area contributed by atoms with Crippen molar-refractivity contribution in [3.63, 3.8) is 0 Å². The summed E-state index contributed by atoms with van der Waals surface area (Å²) in [6.45, 7) is 0. The maximum atomic E-state index is 1.67. The zero-order chi connectivity index (χ0) is 13.7. The van der Waals surface area contributed by atoms with Crippen LogP contribution in [0.2, 0.25) is 0 Å². The Kier molecular flexibility index (Phi) is 3.21. The van der Waals surface area contributed by atoms with Crippen LogP contribution >= 0.6 is 8.58 Å². The molecule has 0 spiro atoms. The van der Waals surface area contributed by atoms with Crippen molar-refractivity contribution in [1.29, 1.82) is 0 Å². The molecule has 8 aliphatic carbocycles. The monoisotopic (exact) mass is 313 g/mol. The first-order chi connectivity index (χ1) is 10.2. The molecule has 0 unspecified atom stereocenters. The van der Waals surface area contributed by atoms with Gasteiger partial charge in [-0.15, -0.1) is 8.58 Å². The summed E-state index contributed by atoms with van der Waals surface area (Å²) in [7, 11) is 1.38. The summed E-state index contributed by atoms with van der Waals surface area (Å²) in [4.78, 5) is 0. The first kappa shape index (κ1) is 14.8. The highest BCUT2D eigenvalue weighted by Gasteiger charge is 2.57. The molecule has 2 heteroatoms. The molecule has 8 saturated carbocycles. The van der Waals surface area contributed by atoms with Gasteiger partial charge in [0.2, 0.25) is 0 Å². The minimum atomic E-state index is 0. The van der Waals surface area contributed by atoms with Crippen LogP contribution in [0.15, 0.2) is 0 Å². The molecule has 0 saturated heterocycles. The Hall–Kier alpha value is 0.495. The van der Waals surface area contributed by atoms with Gasteiger partial charge < -0.3 is 0 Å². The van der Waals surface area contributed by atoms with Gasteiger partial charge in [0, 0.05) is 8.41 Å². The van der Waals surface area contributed by atoms with E-state index < -0.39 is 0 Å². The molecule has 0 aromatic rings. The van der Waals surface area contributed by atoms with Crippen molar-refractivity contribution in [2.75, 3.05) is 0 Å².